The molecule has 2 rings (SSSR count). The molecule has 1 unspecified atom stereocenters. The minimum Gasteiger partial charge on any atom is -0.329 e. The molecule has 68 valence electrons. The molecule has 2 heteroatoms. The molecular weight excluding hydrogens is 148 g/mol. The molecule has 12 heavy (non-hydrogen) atoms. The Morgan fingerprint density at radius 2 is 2.00 bits per heavy atom. The van der Waals surface area contributed by atoms with Crippen molar-refractivity contribution < 1.29 is 0 Å². The first-order valence-corrected chi connectivity index (χ1v) is 4.87. The second-order valence-corrected chi connectivity index (χ2v) is 4.21. The molecule has 0 radical (unpaired) electrons. The monoisotopic (exact) mass is 166 g/mol. The first-order valence-electron chi connectivity index (χ1n) is 4.87. The van der Waals surface area contributed by atoms with E-state index in [9.17, 15) is 0 Å². The average Bonchev–Trinajstić information content (AvgIpc) is 2.80. The van der Waals surface area contributed by atoms with Gasteiger partial charge >= 0.3 is 0 Å². The second-order valence-electron chi connectivity index (χ2n) is 4.21. The van der Waals surface area contributed by atoms with Crippen molar-refractivity contribution in [2.75, 3.05) is 19.6 Å². The van der Waals surface area contributed by atoms with Crippen LogP contribution in [0, 0.1) is 5.92 Å². The van der Waals surface area contributed by atoms with Crippen molar-refractivity contribution in [1.29, 1.82) is 0 Å². The Balaban J connectivity index is 2.04. The Bertz CT molecular complexity index is 188. The van der Waals surface area contributed by atoms with E-state index in [1.54, 1.807) is 0 Å². The zero-order valence-electron chi connectivity index (χ0n) is 7.79. The van der Waals surface area contributed by atoms with E-state index in [0.29, 0.717) is 0 Å². The fourth-order valence-electron chi connectivity index (χ4n) is 2.15. The summed E-state index contributed by atoms with van der Waals surface area (Å²) in [6, 6.07) is 0. The Kier molecular flexibility index (Phi) is 1.97. The molecule has 1 aliphatic heterocycles. The van der Waals surface area contributed by atoms with Crippen molar-refractivity contribution in [3.8, 4) is 0 Å². The van der Waals surface area contributed by atoms with Crippen LogP contribution in [0.25, 0.3) is 0 Å². The first kappa shape index (κ1) is 8.27. The van der Waals surface area contributed by atoms with Gasteiger partial charge in [0.1, 0.15) is 0 Å². The fourth-order valence-corrected chi connectivity index (χ4v) is 2.15. The third kappa shape index (κ3) is 1.19. The lowest BCUT2D eigenvalue weighted by molar-refractivity contribution is 0.125. The van der Waals surface area contributed by atoms with Crippen LogP contribution in [-0.4, -0.2) is 30.1 Å². The number of nitrogens with zero attached hydrogens (tertiary/aromatic N) is 1. The van der Waals surface area contributed by atoms with Gasteiger partial charge in [-0.1, -0.05) is 12.2 Å². The van der Waals surface area contributed by atoms with Gasteiger partial charge in [-0.05, 0) is 25.7 Å². The summed E-state index contributed by atoms with van der Waals surface area (Å²) in [5.41, 5.74) is 6.14. The molecule has 1 fully saturated rings. The van der Waals surface area contributed by atoms with Crippen molar-refractivity contribution in [2.24, 2.45) is 11.7 Å². The molecule has 1 heterocycles. The van der Waals surface area contributed by atoms with Crippen LogP contribution in [0.4, 0.5) is 0 Å². The minimum atomic E-state index is 0.281. The van der Waals surface area contributed by atoms with Crippen molar-refractivity contribution in [1.82, 2.24) is 4.90 Å². The van der Waals surface area contributed by atoms with E-state index < -0.39 is 0 Å². The summed E-state index contributed by atoms with van der Waals surface area (Å²) in [7, 11) is 0. The molecule has 1 atom stereocenters. The molecule has 0 bridgehead atoms. The molecule has 0 aromatic carbocycles. The van der Waals surface area contributed by atoms with E-state index >= 15 is 0 Å². The van der Waals surface area contributed by atoms with Gasteiger partial charge in [-0.15, -0.1) is 0 Å². The molecule has 0 aromatic rings. The Morgan fingerprint density at radius 1 is 1.42 bits per heavy atom. The van der Waals surface area contributed by atoms with E-state index in [4.69, 9.17) is 5.73 Å². The lowest BCUT2D eigenvalue weighted by Crippen LogP contribution is -2.52. The lowest BCUT2D eigenvalue weighted by atomic mass is 9.94. The van der Waals surface area contributed by atoms with Gasteiger partial charge in [-0.25, -0.2) is 0 Å². The van der Waals surface area contributed by atoms with Crippen LogP contribution in [0.3, 0.4) is 0 Å². The smallest absolute Gasteiger partial charge is 0.0338 e. The summed E-state index contributed by atoms with van der Waals surface area (Å²) in [6.07, 6.45) is 7.25. The normalized spacial score (nSPS) is 29.2. The SMILES string of the molecule is CC(CN)(C1CC1)N1CC=CC1. The molecular formula is C10H18N2. The summed E-state index contributed by atoms with van der Waals surface area (Å²) in [6.45, 7) is 5.32. The summed E-state index contributed by atoms with van der Waals surface area (Å²) >= 11 is 0. The predicted molar refractivity (Wildman–Crippen MR) is 50.9 cm³/mol. The van der Waals surface area contributed by atoms with Crippen LogP contribution in [0.2, 0.25) is 0 Å². The number of hydrogen-bond donors (Lipinski definition) is 1. The molecule has 1 saturated carbocycles. The lowest BCUT2D eigenvalue weighted by Gasteiger charge is -2.38. The maximum absolute atomic E-state index is 5.86. The van der Waals surface area contributed by atoms with Gasteiger partial charge < -0.3 is 5.73 Å². The molecule has 0 spiro atoms. The van der Waals surface area contributed by atoms with Gasteiger partial charge in [0, 0.05) is 25.2 Å². The second kappa shape index (κ2) is 2.86. The minimum absolute atomic E-state index is 0.281. The van der Waals surface area contributed by atoms with Crippen molar-refractivity contribution >= 4 is 0 Å². The van der Waals surface area contributed by atoms with Gasteiger partial charge in [-0.2, -0.15) is 0 Å². The summed E-state index contributed by atoms with van der Waals surface area (Å²) in [5.74, 6) is 0.863. The third-order valence-corrected chi connectivity index (χ3v) is 3.41. The highest BCUT2D eigenvalue weighted by atomic mass is 15.2. The maximum Gasteiger partial charge on any atom is 0.0338 e. The molecule has 0 amide bonds. The topological polar surface area (TPSA) is 29.3 Å². The third-order valence-electron chi connectivity index (χ3n) is 3.41. The summed E-state index contributed by atoms with van der Waals surface area (Å²) in [5, 5.41) is 0. The first-order chi connectivity index (χ1) is 5.77. The van der Waals surface area contributed by atoms with E-state index in [1.807, 2.05) is 0 Å². The standard InChI is InChI=1S/C10H18N2/c1-10(8-11,9-4-5-9)12-6-2-3-7-12/h2-3,9H,4-8,11H2,1H3. The number of hydrogen-bond acceptors (Lipinski definition) is 2. The number of rotatable bonds is 3. The van der Waals surface area contributed by atoms with Gasteiger partial charge in [0.25, 0.3) is 0 Å². The van der Waals surface area contributed by atoms with E-state index in [0.717, 1.165) is 25.6 Å². The number of nitrogens with two attached hydrogens (primary N) is 1. The van der Waals surface area contributed by atoms with Crippen LogP contribution >= 0.6 is 0 Å². The zero-order chi connectivity index (χ0) is 8.60. The molecule has 2 N–H and O–H groups in total. The maximum atomic E-state index is 5.86. The summed E-state index contributed by atoms with van der Waals surface area (Å²) in [4.78, 5) is 2.50. The van der Waals surface area contributed by atoms with Crippen molar-refractivity contribution in [2.45, 2.75) is 25.3 Å². The fraction of sp³-hybridized carbons (Fsp3) is 0.800. The zero-order valence-corrected chi connectivity index (χ0v) is 7.79. The molecule has 2 nitrogen and oxygen atoms in total. The Morgan fingerprint density at radius 3 is 2.42 bits per heavy atom. The van der Waals surface area contributed by atoms with Crippen LogP contribution in [0.15, 0.2) is 12.2 Å². The van der Waals surface area contributed by atoms with E-state index in [2.05, 4.69) is 24.0 Å². The summed E-state index contributed by atoms with van der Waals surface area (Å²) < 4.78 is 0. The van der Waals surface area contributed by atoms with E-state index in [-0.39, 0.29) is 5.54 Å². The molecule has 0 saturated heterocycles. The largest absolute Gasteiger partial charge is 0.329 e. The van der Waals surface area contributed by atoms with Gasteiger partial charge in [0.2, 0.25) is 0 Å². The molecule has 2 aliphatic rings. The van der Waals surface area contributed by atoms with Crippen molar-refractivity contribution in [3.05, 3.63) is 12.2 Å². The Hall–Kier alpha value is -0.340. The Labute approximate surface area is 74.4 Å². The van der Waals surface area contributed by atoms with Crippen LogP contribution < -0.4 is 5.73 Å². The average molecular weight is 166 g/mol. The van der Waals surface area contributed by atoms with Gasteiger partial charge in [0.05, 0.1) is 0 Å². The van der Waals surface area contributed by atoms with Crippen LogP contribution in [0.1, 0.15) is 19.8 Å². The van der Waals surface area contributed by atoms with Gasteiger partial charge in [-0.3, -0.25) is 4.90 Å². The predicted octanol–water partition coefficient (Wildman–Crippen LogP) is 0.986. The van der Waals surface area contributed by atoms with E-state index in [1.165, 1.54) is 12.8 Å². The highest BCUT2D eigenvalue weighted by Crippen LogP contribution is 2.42. The highest BCUT2D eigenvalue weighted by Gasteiger charge is 2.44. The van der Waals surface area contributed by atoms with Crippen molar-refractivity contribution in [3.63, 3.8) is 0 Å². The highest BCUT2D eigenvalue weighted by molar-refractivity contribution is 5.07. The quantitative estimate of drug-likeness (QED) is 0.633. The molecule has 1 aliphatic carbocycles. The molecule has 0 aromatic heterocycles. The van der Waals surface area contributed by atoms with Gasteiger partial charge in [0.15, 0.2) is 0 Å². The van der Waals surface area contributed by atoms with Crippen LogP contribution in [0.5, 0.6) is 0 Å². The van der Waals surface area contributed by atoms with Crippen LogP contribution in [-0.2, 0) is 0 Å².